The van der Waals surface area contributed by atoms with Crippen LogP contribution in [0.2, 0.25) is 0 Å². The number of fused-ring (bicyclic) bond motifs is 2. The summed E-state index contributed by atoms with van der Waals surface area (Å²) in [7, 11) is 0.283. The molecule has 2 amide bonds. The Morgan fingerprint density at radius 1 is 0.615 bits per heavy atom. The van der Waals surface area contributed by atoms with E-state index in [0.29, 0.717) is 68.3 Å². The number of benzene rings is 7. The third kappa shape index (κ3) is 12.7. The number of aliphatic imine (C=N–C) groups is 1. The third-order valence-electron chi connectivity index (χ3n) is 16.4. The number of halogens is 13. The lowest BCUT2D eigenvalue weighted by Gasteiger charge is -2.29. The number of aryl methyl sites for hydroxylation is 3. The highest BCUT2D eigenvalue weighted by Crippen LogP contribution is 2.57. The van der Waals surface area contributed by atoms with E-state index in [1.807, 2.05) is 0 Å². The smallest absolute Gasteiger partial charge is 0.462 e. The summed E-state index contributed by atoms with van der Waals surface area (Å²) >= 11 is 0. The minimum atomic E-state index is -5.43. The zero-order valence-electron chi connectivity index (χ0n) is 52.1. The standard InChI is InChI=1S/C70H52BF13N3O9/c1-10-93-65(91)56-35(6)61(85-37(56)8)60(62-36(7)57(66(92)94-11-2)38(9)87(62)71-84)54-32(3)20-47(21-33(54)4)95-53(89)23-39-16-18-46(19-17-39)86(31-88)64(90)51-30-50(41-26-44(69(78,79)80)29-45(27-41)70(81,82)83)63-59-55(51)34(5)22-49(58(59)48-14-12-13-15-52(48)96-63)40-24-42(67(72,73)74)28-43(25-40)68(75,76)77/h12-22,24-31H,10-11,23H2,1-9H3/b61-60-. The van der Waals surface area contributed by atoms with E-state index in [0.717, 1.165) is 12.1 Å². The summed E-state index contributed by atoms with van der Waals surface area (Å²) in [5.74, 6) is -4.21. The molecule has 10 rings (SSSR count). The molecule has 1 aromatic heterocycles. The highest BCUT2D eigenvalue weighted by atomic mass is 19.4. The van der Waals surface area contributed by atoms with Crippen molar-refractivity contribution in [2.45, 2.75) is 93.4 Å². The number of imide groups is 1. The van der Waals surface area contributed by atoms with Crippen LogP contribution < -0.4 is 14.4 Å². The summed E-state index contributed by atoms with van der Waals surface area (Å²) in [5, 5.41) is -0.580. The maximum absolute atomic E-state index is 15.3. The molecule has 2 aliphatic heterocycles. The molecule has 0 N–H and O–H groups in total. The fraction of sp³-hybridized carbons (Fsp3) is 0.229. The average Bonchev–Trinajstić information content (AvgIpc) is 0.875. The molecule has 495 valence electrons. The summed E-state index contributed by atoms with van der Waals surface area (Å²) in [6, 6.07) is 16.8. The molecule has 3 heterocycles. The minimum Gasteiger partial charge on any atom is -0.462 e. The van der Waals surface area contributed by atoms with E-state index in [1.54, 1.807) is 48.5 Å². The van der Waals surface area contributed by atoms with Gasteiger partial charge in [0.25, 0.3) is 5.91 Å². The lowest BCUT2D eigenvalue weighted by atomic mass is 9.81. The molecule has 0 saturated carbocycles. The van der Waals surface area contributed by atoms with Crippen LogP contribution in [0.5, 0.6) is 17.2 Å². The molecule has 0 saturated heterocycles. The zero-order valence-corrected chi connectivity index (χ0v) is 52.1. The second-order valence-electron chi connectivity index (χ2n) is 22.6. The topological polar surface area (TPSA) is 143 Å². The first kappa shape index (κ1) is 68.6. The van der Waals surface area contributed by atoms with Crippen LogP contribution in [-0.2, 0) is 55.0 Å². The van der Waals surface area contributed by atoms with Crippen molar-refractivity contribution in [1.29, 1.82) is 0 Å². The Morgan fingerprint density at radius 3 is 1.67 bits per heavy atom. The number of esters is 3. The first-order chi connectivity index (χ1) is 45.0. The van der Waals surface area contributed by atoms with Gasteiger partial charge in [-0.15, -0.1) is 0 Å². The van der Waals surface area contributed by atoms with Crippen molar-refractivity contribution >= 4 is 65.7 Å². The van der Waals surface area contributed by atoms with Crippen LogP contribution in [0.15, 0.2) is 131 Å². The number of carbonyl (C=O) groups excluding carboxylic acids is 5. The first-order valence-electron chi connectivity index (χ1n) is 29.2. The zero-order chi connectivity index (χ0) is 70.2. The van der Waals surface area contributed by atoms with Gasteiger partial charge in [-0.25, -0.2) is 14.5 Å². The van der Waals surface area contributed by atoms with Gasteiger partial charge in [-0.1, -0.05) is 36.4 Å². The van der Waals surface area contributed by atoms with E-state index in [-0.39, 0.29) is 123 Å². The summed E-state index contributed by atoms with van der Waals surface area (Å²) in [6.07, 6.45) is -22.0. The van der Waals surface area contributed by atoms with Crippen molar-refractivity contribution in [2.24, 2.45) is 4.99 Å². The number of hydrogen-bond acceptors (Lipinski definition) is 10. The van der Waals surface area contributed by atoms with Crippen molar-refractivity contribution in [3.8, 4) is 50.6 Å². The van der Waals surface area contributed by atoms with E-state index in [4.69, 9.17) is 23.9 Å². The summed E-state index contributed by atoms with van der Waals surface area (Å²) in [6.45, 7) is 14.4. The Hall–Kier alpha value is -10.3. The van der Waals surface area contributed by atoms with E-state index >= 15 is 9.11 Å². The highest BCUT2D eigenvalue weighted by molar-refractivity contribution is 6.28. The van der Waals surface area contributed by atoms with Gasteiger partial charge < -0.3 is 27.7 Å². The van der Waals surface area contributed by atoms with Crippen LogP contribution in [0.1, 0.15) is 115 Å². The maximum atomic E-state index is 15.3. The molecule has 0 aliphatic carbocycles. The lowest BCUT2D eigenvalue weighted by molar-refractivity contribution is -0.144. The maximum Gasteiger partial charge on any atom is 0.495 e. The number of carbonyl (C=O) groups is 5. The Kier molecular flexibility index (Phi) is 18.2. The Bertz CT molecular complexity index is 4620. The van der Waals surface area contributed by atoms with Crippen LogP contribution in [-0.4, -0.2) is 61.3 Å². The van der Waals surface area contributed by atoms with Crippen molar-refractivity contribution in [3.63, 3.8) is 0 Å². The molecule has 0 bridgehead atoms. The number of alkyl halides is 12. The van der Waals surface area contributed by atoms with E-state index < -0.39 is 105 Å². The van der Waals surface area contributed by atoms with Crippen LogP contribution in [0.3, 0.4) is 0 Å². The molecule has 12 nitrogen and oxygen atoms in total. The molecule has 1 radical (unpaired) electrons. The van der Waals surface area contributed by atoms with Crippen molar-refractivity contribution in [1.82, 2.24) is 4.48 Å². The molecular weight excluding hydrogens is 1280 g/mol. The fourth-order valence-corrected chi connectivity index (χ4v) is 12.3. The SMILES string of the molecule is CCOC(=O)C1=C(C)/C(=C(\c2c(C)cc(OC(=O)Cc3ccc(N(C=O)C(=O)c4cc(-c5cc(C(F)(F)F)cc(C(F)(F)F)c5)c5c6c(c(-c7cc(C(F)(F)F)cc(C(F)(F)F)c7)cc(C)c46)-c4ccccc4O5)cc3)cc2C)c2c(C)c(C(=O)OCC)c(C)n2[B]F)N=C1C. The van der Waals surface area contributed by atoms with Gasteiger partial charge in [0.2, 0.25) is 6.41 Å². The number of hydrogen-bond donors (Lipinski definition) is 0. The number of allylic oxidation sites excluding steroid dienone is 1. The first-order valence-corrected chi connectivity index (χ1v) is 29.2. The van der Waals surface area contributed by atoms with Crippen LogP contribution in [0.25, 0.3) is 49.7 Å². The number of nitrogens with zero attached hydrogens (tertiary/aromatic N) is 3. The third-order valence-corrected chi connectivity index (χ3v) is 16.4. The quantitative estimate of drug-likeness (QED) is 0.0322. The second-order valence-corrected chi connectivity index (χ2v) is 22.6. The highest BCUT2D eigenvalue weighted by Gasteiger charge is 2.42. The molecule has 96 heavy (non-hydrogen) atoms. The molecular formula is C70H52BF13N3O9. The second kappa shape index (κ2) is 25.5. The van der Waals surface area contributed by atoms with Crippen LogP contribution in [0.4, 0.5) is 62.7 Å². The van der Waals surface area contributed by atoms with Crippen LogP contribution in [0, 0.1) is 34.6 Å². The van der Waals surface area contributed by atoms with E-state index in [2.05, 4.69) is 0 Å². The molecule has 0 atom stereocenters. The van der Waals surface area contributed by atoms with Crippen molar-refractivity contribution < 1.29 is 99.9 Å². The average molecular weight is 1340 g/mol. The summed E-state index contributed by atoms with van der Waals surface area (Å²) in [4.78, 5) is 74.4. The van der Waals surface area contributed by atoms with Gasteiger partial charge >= 0.3 is 50.3 Å². The molecule has 26 heteroatoms. The fourth-order valence-electron chi connectivity index (χ4n) is 12.3. The number of amides is 2. The van der Waals surface area contributed by atoms with Gasteiger partial charge in [-0.05, 0) is 191 Å². The van der Waals surface area contributed by atoms with E-state index in [9.17, 15) is 71.9 Å². The predicted molar refractivity (Wildman–Crippen MR) is 330 cm³/mol. The Morgan fingerprint density at radius 2 is 1.15 bits per heavy atom. The molecule has 0 unspecified atom stereocenters. The van der Waals surface area contributed by atoms with Crippen molar-refractivity contribution in [3.05, 3.63) is 204 Å². The summed E-state index contributed by atoms with van der Waals surface area (Å²) < 4.78 is 214. The number of anilines is 1. The molecule has 2 aliphatic rings. The lowest BCUT2D eigenvalue weighted by Crippen LogP contribution is -2.30. The van der Waals surface area contributed by atoms with Gasteiger partial charge in [0.15, 0.2) is 0 Å². The van der Waals surface area contributed by atoms with Crippen molar-refractivity contribution in [2.75, 3.05) is 18.1 Å². The van der Waals surface area contributed by atoms with Gasteiger partial charge in [0, 0.05) is 50.0 Å². The summed E-state index contributed by atoms with van der Waals surface area (Å²) in [5.41, 5.74) is -7.03. The largest absolute Gasteiger partial charge is 0.495 e. The van der Waals surface area contributed by atoms with Crippen LogP contribution >= 0.6 is 0 Å². The normalized spacial score (nSPS) is 13.7. The number of aromatic nitrogens is 1. The van der Waals surface area contributed by atoms with Gasteiger partial charge in [0.1, 0.15) is 17.2 Å². The Labute approximate surface area is 539 Å². The molecule has 0 fully saturated rings. The van der Waals surface area contributed by atoms with Gasteiger partial charge in [-0.3, -0.25) is 19.4 Å². The molecule has 7 aromatic carbocycles. The van der Waals surface area contributed by atoms with Gasteiger partial charge in [0.05, 0.1) is 70.1 Å². The number of para-hydroxylation sites is 1. The Balaban J connectivity index is 1.05. The monoisotopic (exact) mass is 1340 g/mol. The predicted octanol–water partition coefficient (Wildman–Crippen LogP) is 18.0. The molecule has 8 aromatic rings. The van der Waals surface area contributed by atoms with Gasteiger partial charge in [-0.2, -0.15) is 52.7 Å². The number of ether oxygens (including phenoxy) is 4. The van der Waals surface area contributed by atoms with E-state index in [1.165, 1.54) is 79.0 Å². The number of rotatable bonds is 15. The molecule has 0 spiro atoms. The minimum absolute atomic E-state index is 0.0190.